The van der Waals surface area contributed by atoms with Crippen molar-refractivity contribution in [2.24, 2.45) is 0 Å². The molecule has 1 aliphatic heterocycles. The second-order valence-corrected chi connectivity index (χ2v) is 3.42. The largest absolute Gasteiger partial charge is 0.281 e. The molecule has 14 heavy (non-hydrogen) atoms. The van der Waals surface area contributed by atoms with Gasteiger partial charge in [-0.3, -0.25) is 19.5 Å². The van der Waals surface area contributed by atoms with Crippen LogP contribution in [0.3, 0.4) is 0 Å². The van der Waals surface area contributed by atoms with E-state index >= 15 is 0 Å². The third kappa shape index (κ3) is 1.19. The van der Waals surface area contributed by atoms with E-state index in [2.05, 4.69) is 4.98 Å². The predicted molar refractivity (Wildman–Crippen MR) is 49.8 cm³/mol. The Morgan fingerprint density at radius 2 is 2.14 bits per heavy atom. The molecule has 2 heterocycles. The molecule has 0 N–H and O–H groups in total. The fourth-order valence-electron chi connectivity index (χ4n) is 1.50. The molecule has 1 aromatic heterocycles. The topological polar surface area (TPSA) is 50.3 Å². The molecule has 1 aromatic rings. The van der Waals surface area contributed by atoms with Gasteiger partial charge in [0, 0.05) is 24.5 Å². The maximum Gasteiger partial charge on any atom is 0.260 e. The molecule has 1 aliphatic rings. The van der Waals surface area contributed by atoms with Crippen LogP contribution in [0.15, 0.2) is 12.3 Å². The van der Waals surface area contributed by atoms with Gasteiger partial charge in [0.05, 0.1) is 6.42 Å². The highest BCUT2D eigenvalue weighted by atomic mass is 16.2. The number of likely N-dealkylation sites (N-methyl/N-ethyl adjacent to an activating group) is 1. The molecule has 2 amide bonds. The highest BCUT2D eigenvalue weighted by Crippen LogP contribution is 2.18. The van der Waals surface area contributed by atoms with Gasteiger partial charge in [-0.25, -0.2) is 0 Å². The molecule has 0 aromatic carbocycles. The standard InChI is InChI=1S/C10H10N2O2/c1-6-3-8-7(5-11-6)4-9(13)12(2)10(8)14/h3,5H,4H2,1-2H3. The molecule has 0 spiro atoms. The molecule has 0 fully saturated rings. The zero-order valence-corrected chi connectivity index (χ0v) is 8.07. The van der Waals surface area contributed by atoms with Crippen molar-refractivity contribution in [2.45, 2.75) is 13.3 Å². The minimum absolute atomic E-state index is 0.173. The number of carbonyl (C=O) groups excluding carboxylic acids is 2. The summed E-state index contributed by atoms with van der Waals surface area (Å²) in [5, 5.41) is 0. The minimum Gasteiger partial charge on any atom is -0.281 e. The summed E-state index contributed by atoms with van der Waals surface area (Å²) in [5.41, 5.74) is 2.11. The van der Waals surface area contributed by atoms with E-state index < -0.39 is 0 Å². The van der Waals surface area contributed by atoms with E-state index in [1.165, 1.54) is 7.05 Å². The summed E-state index contributed by atoms with van der Waals surface area (Å²) < 4.78 is 0. The van der Waals surface area contributed by atoms with E-state index in [4.69, 9.17) is 0 Å². The molecule has 0 saturated heterocycles. The number of nitrogens with zero attached hydrogens (tertiary/aromatic N) is 2. The first-order valence-electron chi connectivity index (χ1n) is 4.36. The van der Waals surface area contributed by atoms with Crippen LogP contribution in [0.4, 0.5) is 0 Å². The van der Waals surface area contributed by atoms with Crippen molar-refractivity contribution in [2.75, 3.05) is 7.05 Å². The fourth-order valence-corrected chi connectivity index (χ4v) is 1.50. The molecule has 0 unspecified atom stereocenters. The number of aromatic nitrogens is 1. The number of aryl methyl sites for hydroxylation is 1. The number of fused-ring (bicyclic) bond motifs is 1. The monoisotopic (exact) mass is 190 g/mol. The molecule has 2 rings (SSSR count). The fraction of sp³-hybridized carbons (Fsp3) is 0.300. The van der Waals surface area contributed by atoms with Crippen LogP contribution in [0, 0.1) is 6.92 Å². The zero-order valence-electron chi connectivity index (χ0n) is 8.07. The van der Waals surface area contributed by atoms with Gasteiger partial charge in [-0.1, -0.05) is 0 Å². The quantitative estimate of drug-likeness (QED) is 0.561. The Balaban J connectivity index is 2.57. The van der Waals surface area contributed by atoms with Gasteiger partial charge in [0.2, 0.25) is 5.91 Å². The van der Waals surface area contributed by atoms with Crippen LogP contribution in [-0.4, -0.2) is 28.7 Å². The maximum atomic E-state index is 11.7. The summed E-state index contributed by atoms with van der Waals surface area (Å²) in [6.45, 7) is 1.82. The molecule has 0 atom stereocenters. The summed E-state index contributed by atoms with van der Waals surface area (Å²) in [7, 11) is 1.50. The lowest BCUT2D eigenvalue weighted by atomic mass is 10.0. The van der Waals surface area contributed by atoms with Crippen LogP contribution in [-0.2, 0) is 11.2 Å². The number of rotatable bonds is 0. The minimum atomic E-state index is -0.234. The molecule has 0 radical (unpaired) electrons. The second-order valence-electron chi connectivity index (χ2n) is 3.42. The normalized spacial score (nSPS) is 15.7. The van der Waals surface area contributed by atoms with Gasteiger partial charge >= 0.3 is 0 Å². The van der Waals surface area contributed by atoms with Crippen LogP contribution in [0.5, 0.6) is 0 Å². The Hall–Kier alpha value is -1.71. The number of imide groups is 1. The summed E-state index contributed by atoms with van der Waals surface area (Å²) >= 11 is 0. The molecule has 0 saturated carbocycles. The van der Waals surface area contributed by atoms with E-state index in [0.717, 1.165) is 16.2 Å². The summed E-state index contributed by atoms with van der Waals surface area (Å²) in [6, 6.07) is 1.72. The molecule has 0 aliphatic carbocycles. The maximum absolute atomic E-state index is 11.7. The smallest absolute Gasteiger partial charge is 0.260 e. The Bertz CT molecular complexity index is 426. The molecule has 72 valence electrons. The van der Waals surface area contributed by atoms with Gasteiger partial charge < -0.3 is 0 Å². The Morgan fingerprint density at radius 1 is 1.43 bits per heavy atom. The van der Waals surface area contributed by atoms with Crippen LogP contribution in [0.2, 0.25) is 0 Å². The third-order valence-corrected chi connectivity index (χ3v) is 2.37. The van der Waals surface area contributed by atoms with Crippen LogP contribution in [0.1, 0.15) is 21.6 Å². The van der Waals surface area contributed by atoms with Crippen molar-refractivity contribution in [3.05, 3.63) is 29.1 Å². The molecular formula is C10H10N2O2. The zero-order chi connectivity index (χ0) is 10.3. The van der Waals surface area contributed by atoms with Gasteiger partial charge in [-0.2, -0.15) is 0 Å². The van der Waals surface area contributed by atoms with Gasteiger partial charge in [0.15, 0.2) is 0 Å². The number of pyridine rings is 1. The van der Waals surface area contributed by atoms with Gasteiger partial charge in [0.25, 0.3) is 5.91 Å². The predicted octanol–water partition coefficient (Wildman–Crippen LogP) is 0.545. The van der Waals surface area contributed by atoms with E-state index in [1.807, 2.05) is 6.92 Å². The summed E-state index contributed by atoms with van der Waals surface area (Å²) in [5.74, 6) is -0.407. The Labute approximate surface area is 81.6 Å². The van der Waals surface area contributed by atoms with Crippen LogP contribution >= 0.6 is 0 Å². The van der Waals surface area contributed by atoms with E-state index in [9.17, 15) is 9.59 Å². The first-order chi connectivity index (χ1) is 6.59. The van der Waals surface area contributed by atoms with E-state index in [-0.39, 0.29) is 18.2 Å². The summed E-state index contributed by atoms with van der Waals surface area (Å²) in [4.78, 5) is 28.2. The Kier molecular flexibility index (Phi) is 1.84. The molecular weight excluding hydrogens is 180 g/mol. The SMILES string of the molecule is Cc1cc2c(cn1)CC(=O)N(C)C2=O. The van der Waals surface area contributed by atoms with Gasteiger partial charge in [-0.15, -0.1) is 0 Å². The van der Waals surface area contributed by atoms with Crippen molar-refractivity contribution in [3.8, 4) is 0 Å². The third-order valence-electron chi connectivity index (χ3n) is 2.37. The Morgan fingerprint density at radius 3 is 2.86 bits per heavy atom. The first kappa shape index (κ1) is 8.87. The van der Waals surface area contributed by atoms with Crippen molar-refractivity contribution in [1.29, 1.82) is 0 Å². The number of hydrogen-bond donors (Lipinski definition) is 0. The van der Waals surface area contributed by atoms with Crippen molar-refractivity contribution < 1.29 is 9.59 Å². The second kappa shape index (κ2) is 2.90. The summed E-state index contributed by atoms with van der Waals surface area (Å²) in [6.07, 6.45) is 1.87. The number of carbonyl (C=O) groups is 2. The lowest BCUT2D eigenvalue weighted by molar-refractivity contribution is -0.127. The average molecular weight is 190 g/mol. The van der Waals surface area contributed by atoms with Crippen LogP contribution < -0.4 is 0 Å². The van der Waals surface area contributed by atoms with Crippen LogP contribution in [0.25, 0.3) is 0 Å². The highest BCUT2D eigenvalue weighted by Gasteiger charge is 2.27. The number of hydrogen-bond acceptors (Lipinski definition) is 3. The first-order valence-corrected chi connectivity index (χ1v) is 4.36. The lowest BCUT2D eigenvalue weighted by Gasteiger charge is -2.22. The lowest BCUT2D eigenvalue weighted by Crippen LogP contribution is -2.39. The molecule has 0 bridgehead atoms. The molecule has 4 heteroatoms. The van der Waals surface area contributed by atoms with Gasteiger partial charge in [-0.05, 0) is 18.6 Å². The number of amides is 2. The van der Waals surface area contributed by atoms with E-state index in [0.29, 0.717) is 5.56 Å². The van der Waals surface area contributed by atoms with Crippen molar-refractivity contribution in [1.82, 2.24) is 9.88 Å². The average Bonchev–Trinajstić information content (AvgIpc) is 2.16. The van der Waals surface area contributed by atoms with Crippen molar-refractivity contribution in [3.63, 3.8) is 0 Å². The highest BCUT2D eigenvalue weighted by molar-refractivity contribution is 6.09. The molecule has 4 nitrogen and oxygen atoms in total. The van der Waals surface area contributed by atoms with E-state index in [1.54, 1.807) is 12.3 Å². The van der Waals surface area contributed by atoms with Crippen molar-refractivity contribution >= 4 is 11.8 Å². The van der Waals surface area contributed by atoms with Gasteiger partial charge in [0.1, 0.15) is 0 Å².